The van der Waals surface area contributed by atoms with Crippen LogP contribution in [0, 0.1) is 0 Å². The van der Waals surface area contributed by atoms with E-state index in [9.17, 15) is 4.79 Å². The zero-order chi connectivity index (χ0) is 15.7. The summed E-state index contributed by atoms with van der Waals surface area (Å²) in [5.74, 6) is 0.712. The van der Waals surface area contributed by atoms with Gasteiger partial charge in [0, 0.05) is 14.1 Å². The summed E-state index contributed by atoms with van der Waals surface area (Å²) < 4.78 is 6.68. The molecule has 0 unspecified atom stereocenters. The minimum atomic E-state index is -0.501. The largest absolute Gasteiger partial charge is 0.347 e. The molecule has 1 amide bonds. The van der Waals surface area contributed by atoms with Gasteiger partial charge in [0.25, 0.3) is 5.89 Å². The van der Waals surface area contributed by atoms with Crippen molar-refractivity contribution in [2.45, 2.75) is 37.8 Å². The van der Waals surface area contributed by atoms with Crippen LogP contribution >= 0.6 is 0 Å². The van der Waals surface area contributed by atoms with Gasteiger partial charge >= 0.3 is 0 Å². The molecule has 118 valence electrons. The van der Waals surface area contributed by atoms with Gasteiger partial charge in [-0.2, -0.15) is 4.98 Å². The molecule has 2 aromatic heterocycles. The van der Waals surface area contributed by atoms with E-state index in [0.717, 1.165) is 25.7 Å². The summed E-state index contributed by atoms with van der Waals surface area (Å²) in [6.07, 6.45) is 5.47. The summed E-state index contributed by atoms with van der Waals surface area (Å²) in [6, 6.07) is 0. The third-order valence-corrected chi connectivity index (χ3v) is 3.92. The van der Waals surface area contributed by atoms with Crippen LogP contribution in [0.15, 0.2) is 10.7 Å². The molecule has 0 spiro atoms. The van der Waals surface area contributed by atoms with Gasteiger partial charge in [-0.1, -0.05) is 23.2 Å². The lowest BCUT2D eigenvalue weighted by Gasteiger charge is -2.17. The zero-order valence-electron chi connectivity index (χ0n) is 12.7. The Bertz CT molecular complexity index is 669. The van der Waals surface area contributed by atoms with Crippen molar-refractivity contribution < 1.29 is 9.32 Å². The van der Waals surface area contributed by atoms with E-state index in [1.807, 2.05) is 0 Å². The van der Waals surface area contributed by atoms with Gasteiger partial charge in [-0.05, 0) is 12.8 Å². The molecule has 2 aromatic rings. The van der Waals surface area contributed by atoms with E-state index in [1.54, 1.807) is 20.3 Å². The Morgan fingerprint density at radius 3 is 2.86 bits per heavy atom. The van der Waals surface area contributed by atoms with Crippen molar-refractivity contribution in [2.24, 2.45) is 5.73 Å². The third kappa shape index (κ3) is 2.71. The van der Waals surface area contributed by atoms with Crippen molar-refractivity contribution in [1.29, 1.82) is 0 Å². The molecule has 0 bridgehead atoms. The Labute approximate surface area is 127 Å². The van der Waals surface area contributed by atoms with Crippen molar-refractivity contribution in [3.05, 3.63) is 12.0 Å². The lowest BCUT2D eigenvalue weighted by atomic mass is 9.99. The van der Waals surface area contributed by atoms with Crippen molar-refractivity contribution in [3.63, 3.8) is 0 Å². The van der Waals surface area contributed by atoms with Crippen LogP contribution in [0.5, 0.6) is 0 Å². The fraction of sp³-hybridized carbons (Fsp3) is 0.615. The second kappa shape index (κ2) is 5.48. The first-order valence-corrected chi connectivity index (χ1v) is 7.22. The SMILES string of the molecule is CN(C)C(=O)Cn1cc(-c2nc(C3(N)CCCC3)no2)nn1. The number of carbonyl (C=O) groups excluding carboxylic acids is 1. The Morgan fingerprint density at radius 2 is 2.18 bits per heavy atom. The first kappa shape index (κ1) is 14.6. The first-order chi connectivity index (χ1) is 10.5. The monoisotopic (exact) mass is 305 g/mol. The highest BCUT2D eigenvalue weighted by molar-refractivity contribution is 5.75. The molecule has 0 saturated heterocycles. The minimum Gasteiger partial charge on any atom is -0.347 e. The van der Waals surface area contributed by atoms with E-state index in [2.05, 4.69) is 20.5 Å². The predicted molar refractivity (Wildman–Crippen MR) is 76.3 cm³/mol. The highest BCUT2D eigenvalue weighted by Gasteiger charge is 2.36. The molecular weight excluding hydrogens is 286 g/mol. The smallest absolute Gasteiger partial charge is 0.280 e. The maximum Gasteiger partial charge on any atom is 0.280 e. The van der Waals surface area contributed by atoms with Crippen LogP contribution in [0.4, 0.5) is 0 Å². The van der Waals surface area contributed by atoms with Gasteiger partial charge < -0.3 is 15.2 Å². The van der Waals surface area contributed by atoms with Gasteiger partial charge in [0.2, 0.25) is 5.91 Å². The van der Waals surface area contributed by atoms with Crippen LogP contribution in [0.1, 0.15) is 31.5 Å². The van der Waals surface area contributed by atoms with Gasteiger partial charge in [0.15, 0.2) is 11.5 Å². The quantitative estimate of drug-likeness (QED) is 0.854. The van der Waals surface area contributed by atoms with Gasteiger partial charge in [0.1, 0.15) is 6.54 Å². The van der Waals surface area contributed by atoms with E-state index in [0.29, 0.717) is 11.5 Å². The topological polar surface area (TPSA) is 116 Å². The lowest BCUT2D eigenvalue weighted by molar-refractivity contribution is -0.129. The van der Waals surface area contributed by atoms with Gasteiger partial charge in [-0.3, -0.25) is 4.79 Å². The molecule has 1 saturated carbocycles. The lowest BCUT2D eigenvalue weighted by Crippen LogP contribution is -2.34. The van der Waals surface area contributed by atoms with Crippen molar-refractivity contribution >= 4 is 5.91 Å². The number of nitrogens with zero attached hydrogens (tertiary/aromatic N) is 6. The molecule has 0 atom stereocenters. The molecule has 1 aliphatic rings. The number of hydrogen-bond donors (Lipinski definition) is 1. The molecule has 2 N–H and O–H groups in total. The fourth-order valence-corrected chi connectivity index (χ4v) is 2.51. The Kier molecular flexibility index (Phi) is 3.65. The van der Waals surface area contributed by atoms with E-state index in [1.165, 1.54) is 9.58 Å². The van der Waals surface area contributed by atoms with Crippen molar-refractivity contribution in [3.8, 4) is 11.6 Å². The molecular formula is C13H19N7O2. The summed E-state index contributed by atoms with van der Waals surface area (Å²) in [5.41, 5.74) is 6.24. The standard InChI is InChI=1S/C13H19N7O2/c1-19(2)10(21)8-20-7-9(16-18-20)11-15-12(17-22-11)13(14)5-3-4-6-13/h7H,3-6,8,14H2,1-2H3. The molecule has 0 aromatic carbocycles. The number of rotatable bonds is 4. The van der Waals surface area contributed by atoms with E-state index < -0.39 is 5.54 Å². The molecule has 0 aliphatic heterocycles. The van der Waals surface area contributed by atoms with E-state index in [4.69, 9.17) is 10.3 Å². The number of likely N-dealkylation sites (N-methyl/N-ethyl adjacent to an activating group) is 1. The Hall–Kier alpha value is -2.29. The van der Waals surface area contributed by atoms with Crippen LogP contribution in [-0.2, 0) is 16.9 Å². The van der Waals surface area contributed by atoms with Crippen LogP contribution in [0.3, 0.4) is 0 Å². The predicted octanol–water partition coefficient (Wildman–Crippen LogP) is 0.144. The number of amides is 1. The molecule has 1 fully saturated rings. The van der Waals surface area contributed by atoms with Crippen LogP contribution in [0.2, 0.25) is 0 Å². The highest BCUT2D eigenvalue weighted by Crippen LogP contribution is 2.35. The molecule has 9 heteroatoms. The highest BCUT2D eigenvalue weighted by atomic mass is 16.5. The average Bonchev–Trinajstić information content (AvgIpc) is 3.17. The summed E-state index contributed by atoms with van der Waals surface area (Å²) in [7, 11) is 3.37. The maximum atomic E-state index is 11.6. The molecule has 1 aliphatic carbocycles. The molecule has 2 heterocycles. The van der Waals surface area contributed by atoms with Crippen molar-refractivity contribution in [1.82, 2.24) is 30.0 Å². The van der Waals surface area contributed by atoms with E-state index in [-0.39, 0.29) is 18.3 Å². The van der Waals surface area contributed by atoms with Crippen LogP contribution < -0.4 is 5.73 Å². The summed E-state index contributed by atoms with van der Waals surface area (Å²) in [4.78, 5) is 17.5. The number of carbonyl (C=O) groups is 1. The molecule has 0 radical (unpaired) electrons. The average molecular weight is 305 g/mol. The second-order valence-corrected chi connectivity index (χ2v) is 5.88. The zero-order valence-corrected chi connectivity index (χ0v) is 12.7. The van der Waals surface area contributed by atoms with Crippen LogP contribution in [-0.4, -0.2) is 50.0 Å². The van der Waals surface area contributed by atoms with Gasteiger partial charge in [-0.15, -0.1) is 5.10 Å². The number of aromatic nitrogens is 5. The Morgan fingerprint density at radius 1 is 1.45 bits per heavy atom. The minimum absolute atomic E-state index is 0.0745. The second-order valence-electron chi connectivity index (χ2n) is 5.88. The van der Waals surface area contributed by atoms with E-state index >= 15 is 0 Å². The third-order valence-electron chi connectivity index (χ3n) is 3.92. The van der Waals surface area contributed by atoms with Gasteiger partial charge in [0.05, 0.1) is 11.7 Å². The normalized spacial score (nSPS) is 16.9. The summed E-state index contributed by atoms with van der Waals surface area (Å²) >= 11 is 0. The summed E-state index contributed by atoms with van der Waals surface area (Å²) in [5, 5.41) is 11.8. The Balaban J connectivity index is 1.77. The number of hydrogen-bond acceptors (Lipinski definition) is 7. The molecule has 9 nitrogen and oxygen atoms in total. The van der Waals surface area contributed by atoms with Gasteiger partial charge in [-0.25, -0.2) is 4.68 Å². The molecule has 3 rings (SSSR count). The van der Waals surface area contributed by atoms with Crippen molar-refractivity contribution in [2.75, 3.05) is 14.1 Å². The maximum absolute atomic E-state index is 11.6. The number of nitrogens with two attached hydrogens (primary N) is 1. The van der Waals surface area contributed by atoms with Crippen LogP contribution in [0.25, 0.3) is 11.6 Å². The summed E-state index contributed by atoms with van der Waals surface area (Å²) in [6.45, 7) is 0.113. The fourth-order valence-electron chi connectivity index (χ4n) is 2.51. The first-order valence-electron chi connectivity index (χ1n) is 7.22. The molecule has 22 heavy (non-hydrogen) atoms.